The quantitative estimate of drug-likeness (QED) is 0.775. The molecule has 2 aromatic rings. The molecule has 0 bridgehead atoms. The zero-order valence-electron chi connectivity index (χ0n) is 11.3. The van der Waals surface area contributed by atoms with Crippen molar-refractivity contribution in [2.75, 3.05) is 18.9 Å². The highest BCUT2D eigenvalue weighted by Gasteiger charge is 2.05. The first kappa shape index (κ1) is 13.9. The summed E-state index contributed by atoms with van der Waals surface area (Å²) in [6, 6.07) is 10.3. The summed E-state index contributed by atoms with van der Waals surface area (Å²) in [6.07, 6.45) is 2.32. The molecule has 0 aliphatic heterocycles. The van der Waals surface area contributed by atoms with Gasteiger partial charge >= 0.3 is 0 Å². The van der Waals surface area contributed by atoms with Gasteiger partial charge in [-0.25, -0.2) is 4.98 Å². The Morgan fingerprint density at radius 2 is 2.00 bits per heavy atom. The summed E-state index contributed by atoms with van der Waals surface area (Å²) in [6.45, 7) is 0.542. The summed E-state index contributed by atoms with van der Waals surface area (Å²) in [5, 5.41) is 14.9. The van der Waals surface area contributed by atoms with Crippen LogP contribution in [0.15, 0.2) is 42.6 Å². The predicted molar refractivity (Wildman–Crippen MR) is 77.9 cm³/mol. The third kappa shape index (κ3) is 3.71. The van der Waals surface area contributed by atoms with Crippen LogP contribution in [0.2, 0.25) is 0 Å². The number of aromatic hydroxyl groups is 1. The molecule has 0 saturated heterocycles. The fourth-order valence-corrected chi connectivity index (χ4v) is 1.79. The van der Waals surface area contributed by atoms with Crippen molar-refractivity contribution in [3.63, 3.8) is 0 Å². The Labute approximate surface area is 117 Å². The van der Waals surface area contributed by atoms with E-state index in [1.165, 1.54) is 0 Å². The fourth-order valence-electron chi connectivity index (χ4n) is 1.79. The average molecular weight is 271 g/mol. The van der Waals surface area contributed by atoms with E-state index in [1.807, 2.05) is 12.1 Å². The molecule has 1 amide bonds. The van der Waals surface area contributed by atoms with E-state index in [4.69, 9.17) is 0 Å². The third-order valence-corrected chi connectivity index (χ3v) is 2.91. The van der Waals surface area contributed by atoms with Crippen molar-refractivity contribution in [1.29, 1.82) is 0 Å². The molecule has 0 aliphatic carbocycles. The van der Waals surface area contributed by atoms with Gasteiger partial charge in [0.1, 0.15) is 11.6 Å². The van der Waals surface area contributed by atoms with Crippen molar-refractivity contribution in [3.05, 3.63) is 53.7 Å². The van der Waals surface area contributed by atoms with Crippen molar-refractivity contribution in [2.45, 2.75) is 6.42 Å². The van der Waals surface area contributed by atoms with E-state index in [0.29, 0.717) is 17.9 Å². The summed E-state index contributed by atoms with van der Waals surface area (Å²) in [4.78, 5) is 16.0. The van der Waals surface area contributed by atoms with E-state index < -0.39 is 0 Å². The van der Waals surface area contributed by atoms with Gasteiger partial charge in [-0.2, -0.15) is 0 Å². The number of pyridine rings is 1. The molecule has 0 fully saturated rings. The summed E-state index contributed by atoms with van der Waals surface area (Å²) >= 11 is 0. The molecule has 0 radical (unpaired) electrons. The van der Waals surface area contributed by atoms with E-state index in [0.717, 1.165) is 12.0 Å². The molecule has 5 heteroatoms. The van der Waals surface area contributed by atoms with Crippen LogP contribution in [0.25, 0.3) is 0 Å². The second-order valence-corrected chi connectivity index (χ2v) is 4.35. The monoisotopic (exact) mass is 271 g/mol. The Kier molecular flexibility index (Phi) is 4.55. The number of rotatable bonds is 5. The highest BCUT2D eigenvalue weighted by atomic mass is 16.3. The van der Waals surface area contributed by atoms with Gasteiger partial charge < -0.3 is 15.7 Å². The minimum atomic E-state index is -0.123. The van der Waals surface area contributed by atoms with E-state index in [1.54, 1.807) is 37.5 Å². The van der Waals surface area contributed by atoms with Gasteiger partial charge in [-0.05, 0) is 36.2 Å². The summed E-state index contributed by atoms with van der Waals surface area (Å²) in [5.41, 5.74) is 1.64. The SMILES string of the molecule is CNc1cc(C(=O)NCCc2ccc(O)cc2)ccn1. The number of carbonyl (C=O) groups excluding carboxylic acids is 1. The fraction of sp³-hybridized carbons (Fsp3) is 0.200. The molecule has 20 heavy (non-hydrogen) atoms. The third-order valence-electron chi connectivity index (χ3n) is 2.91. The number of carbonyl (C=O) groups is 1. The Balaban J connectivity index is 1.87. The highest BCUT2D eigenvalue weighted by molar-refractivity contribution is 5.94. The lowest BCUT2D eigenvalue weighted by atomic mass is 10.1. The van der Waals surface area contributed by atoms with Gasteiger partial charge in [-0.15, -0.1) is 0 Å². The van der Waals surface area contributed by atoms with Gasteiger partial charge in [-0.1, -0.05) is 12.1 Å². The molecule has 1 heterocycles. The number of amides is 1. The smallest absolute Gasteiger partial charge is 0.251 e. The van der Waals surface area contributed by atoms with Crippen LogP contribution in [0.1, 0.15) is 15.9 Å². The van der Waals surface area contributed by atoms with Crippen LogP contribution in [0.5, 0.6) is 5.75 Å². The van der Waals surface area contributed by atoms with Crippen molar-refractivity contribution < 1.29 is 9.90 Å². The molecule has 3 N–H and O–H groups in total. The standard InChI is InChI=1S/C15H17N3O2/c1-16-14-10-12(7-9-17-14)15(20)18-8-6-11-2-4-13(19)5-3-11/h2-5,7,9-10,19H,6,8H2,1H3,(H,16,17)(H,18,20). The highest BCUT2D eigenvalue weighted by Crippen LogP contribution is 2.10. The molecule has 104 valence electrons. The lowest BCUT2D eigenvalue weighted by molar-refractivity contribution is 0.0954. The number of phenols is 1. The molecule has 2 rings (SSSR count). The molecule has 0 saturated carbocycles. The summed E-state index contributed by atoms with van der Waals surface area (Å²) in [5.74, 6) is 0.785. The molecular weight excluding hydrogens is 254 g/mol. The number of hydrogen-bond acceptors (Lipinski definition) is 4. The summed E-state index contributed by atoms with van der Waals surface area (Å²) in [7, 11) is 1.76. The first-order valence-electron chi connectivity index (χ1n) is 6.39. The molecule has 0 spiro atoms. The number of benzene rings is 1. The lowest BCUT2D eigenvalue weighted by Gasteiger charge is -2.06. The number of hydrogen-bond donors (Lipinski definition) is 3. The molecule has 5 nitrogen and oxygen atoms in total. The Bertz CT molecular complexity index is 582. The van der Waals surface area contributed by atoms with Gasteiger partial charge in [0, 0.05) is 25.4 Å². The van der Waals surface area contributed by atoms with Gasteiger partial charge in [-0.3, -0.25) is 4.79 Å². The first-order valence-corrected chi connectivity index (χ1v) is 6.39. The van der Waals surface area contributed by atoms with Crippen molar-refractivity contribution >= 4 is 11.7 Å². The molecule has 1 aromatic carbocycles. The number of nitrogens with zero attached hydrogens (tertiary/aromatic N) is 1. The summed E-state index contributed by atoms with van der Waals surface area (Å²) < 4.78 is 0. The van der Waals surface area contributed by atoms with Crippen LogP contribution in [0.3, 0.4) is 0 Å². The number of phenolic OH excluding ortho intramolecular Hbond substituents is 1. The Morgan fingerprint density at radius 3 is 2.70 bits per heavy atom. The maximum absolute atomic E-state index is 12.0. The first-order chi connectivity index (χ1) is 9.69. The average Bonchev–Trinajstić information content (AvgIpc) is 2.49. The van der Waals surface area contributed by atoms with E-state index >= 15 is 0 Å². The minimum Gasteiger partial charge on any atom is -0.508 e. The zero-order valence-corrected chi connectivity index (χ0v) is 11.3. The van der Waals surface area contributed by atoms with Crippen LogP contribution >= 0.6 is 0 Å². The molecule has 0 unspecified atom stereocenters. The normalized spacial score (nSPS) is 10.1. The Hall–Kier alpha value is -2.56. The van der Waals surface area contributed by atoms with Gasteiger partial charge in [0.05, 0.1) is 0 Å². The van der Waals surface area contributed by atoms with Crippen LogP contribution in [0, 0.1) is 0 Å². The van der Waals surface area contributed by atoms with Crippen LogP contribution in [-0.4, -0.2) is 29.6 Å². The maximum Gasteiger partial charge on any atom is 0.251 e. The second kappa shape index (κ2) is 6.56. The van der Waals surface area contributed by atoms with Crippen molar-refractivity contribution in [1.82, 2.24) is 10.3 Å². The molecule has 0 atom stereocenters. The van der Waals surface area contributed by atoms with Crippen molar-refractivity contribution in [2.24, 2.45) is 0 Å². The van der Waals surface area contributed by atoms with E-state index in [9.17, 15) is 9.90 Å². The number of nitrogens with one attached hydrogen (secondary N) is 2. The topological polar surface area (TPSA) is 74.2 Å². The maximum atomic E-state index is 12.0. The molecular formula is C15H17N3O2. The second-order valence-electron chi connectivity index (χ2n) is 4.35. The van der Waals surface area contributed by atoms with E-state index in [-0.39, 0.29) is 11.7 Å². The van der Waals surface area contributed by atoms with Gasteiger partial charge in [0.25, 0.3) is 5.91 Å². The Morgan fingerprint density at radius 1 is 1.25 bits per heavy atom. The van der Waals surface area contributed by atoms with Crippen LogP contribution < -0.4 is 10.6 Å². The van der Waals surface area contributed by atoms with Crippen LogP contribution in [-0.2, 0) is 6.42 Å². The largest absolute Gasteiger partial charge is 0.508 e. The number of anilines is 1. The number of aromatic nitrogens is 1. The van der Waals surface area contributed by atoms with Crippen LogP contribution in [0.4, 0.5) is 5.82 Å². The minimum absolute atomic E-state index is 0.123. The zero-order chi connectivity index (χ0) is 14.4. The van der Waals surface area contributed by atoms with Crippen molar-refractivity contribution in [3.8, 4) is 5.75 Å². The predicted octanol–water partition coefficient (Wildman–Crippen LogP) is 1.80. The van der Waals surface area contributed by atoms with Gasteiger partial charge in [0.2, 0.25) is 0 Å². The van der Waals surface area contributed by atoms with E-state index in [2.05, 4.69) is 15.6 Å². The molecule has 1 aromatic heterocycles. The lowest BCUT2D eigenvalue weighted by Crippen LogP contribution is -2.25. The molecule has 0 aliphatic rings. The van der Waals surface area contributed by atoms with Gasteiger partial charge in [0.15, 0.2) is 0 Å².